The molecule has 0 spiro atoms. The average molecular weight is 187 g/mol. The maximum Gasteiger partial charge on any atom is 0.0621 e. The Morgan fingerprint density at radius 3 is 2.85 bits per heavy atom. The Morgan fingerprint density at radius 1 is 1.54 bits per heavy atom. The predicted octanol–water partition coefficient (Wildman–Crippen LogP) is 1.17. The summed E-state index contributed by atoms with van der Waals surface area (Å²) in [5, 5.41) is 0. The molecule has 1 rings (SSSR count). The van der Waals surface area contributed by atoms with E-state index in [4.69, 9.17) is 15.2 Å². The molecule has 0 aromatic heterocycles. The zero-order chi connectivity index (χ0) is 9.68. The fourth-order valence-electron chi connectivity index (χ4n) is 1.58. The first kappa shape index (κ1) is 11.0. The molecule has 0 saturated carbocycles. The standard InChI is InChI=1S/C10H21NO2/c1-8(2)13-7-10(11)5-9-3-4-12-6-9/h8-10H,3-7,11H2,1-2H3. The zero-order valence-electron chi connectivity index (χ0n) is 8.66. The largest absolute Gasteiger partial charge is 0.381 e. The molecule has 2 unspecified atom stereocenters. The van der Waals surface area contributed by atoms with Crippen molar-refractivity contribution in [2.75, 3.05) is 19.8 Å². The van der Waals surface area contributed by atoms with Gasteiger partial charge < -0.3 is 15.2 Å². The molecular formula is C10H21NO2. The summed E-state index contributed by atoms with van der Waals surface area (Å²) >= 11 is 0. The molecule has 2 N–H and O–H groups in total. The van der Waals surface area contributed by atoms with Gasteiger partial charge in [0.15, 0.2) is 0 Å². The van der Waals surface area contributed by atoms with Crippen LogP contribution in [0.4, 0.5) is 0 Å². The van der Waals surface area contributed by atoms with Crippen molar-refractivity contribution in [3.8, 4) is 0 Å². The average Bonchev–Trinajstić information content (AvgIpc) is 2.53. The van der Waals surface area contributed by atoms with Crippen LogP contribution in [0.5, 0.6) is 0 Å². The first-order chi connectivity index (χ1) is 6.18. The van der Waals surface area contributed by atoms with Crippen LogP contribution in [0.2, 0.25) is 0 Å². The fourth-order valence-corrected chi connectivity index (χ4v) is 1.58. The Bertz CT molecular complexity index is 133. The monoisotopic (exact) mass is 187 g/mol. The first-order valence-electron chi connectivity index (χ1n) is 5.13. The van der Waals surface area contributed by atoms with Crippen molar-refractivity contribution < 1.29 is 9.47 Å². The summed E-state index contributed by atoms with van der Waals surface area (Å²) in [6.45, 7) is 6.53. The predicted molar refractivity (Wildman–Crippen MR) is 52.6 cm³/mol. The second-order valence-electron chi connectivity index (χ2n) is 4.11. The molecule has 0 aliphatic carbocycles. The smallest absolute Gasteiger partial charge is 0.0621 e. The molecule has 1 fully saturated rings. The van der Waals surface area contributed by atoms with Gasteiger partial charge in [0.05, 0.1) is 12.7 Å². The topological polar surface area (TPSA) is 44.5 Å². The molecule has 1 aliphatic rings. The lowest BCUT2D eigenvalue weighted by Gasteiger charge is -2.16. The SMILES string of the molecule is CC(C)OCC(N)CC1CCOC1. The highest BCUT2D eigenvalue weighted by Crippen LogP contribution is 2.17. The Balaban J connectivity index is 2.05. The molecule has 0 aromatic rings. The van der Waals surface area contributed by atoms with E-state index in [1.165, 1.54) is 0 Å². The molecule has 0 amide bonds. The summed E-state index contributed by atoms with van der Waals surface area (Å²) in [6, 6.07) is 0.175. The summed E-state index contributed by atoms with van der Waals surface area (Å²) in [6.07, 6.45) is 2.48. The van der Waals surface area contributed by atoms with Crippen molar-refractivity contribution in [3.05, 3.63) is 0 Å². The first-order valence-corrected chi connectivity index (χ1v) is 5.13. The van der Waals surface area contributed by atoms with Crippen LogP contribution >= 0.6 is 0 Å². The molecule has 2 atom stereocenters. The minimum Gasteiger partial charge on any atom is -0.381 e. The minimum atomic E-state index is 0.175. The van der Waals surface area contributed by atoms with E-state index < -0.39 is 0 Å². The highest BCUT2D eigenvalue weighted by molar-refractivity contribution is 4.71. The van der Waals surface area contributed by atoms with Gasteiger partial charge >= 0.3 is 0 Å². The Hall–Kier alpha value is -0.120. The van der Waals surface area contributed by atoms with E-state index in [0.717, 1.165) is 26.1 Å². The van der Waals surface area contributed by atoms with Gasteiger partial charge in [0.1, 0.15) is 0 Å². The van der Waals surface area contributed by atoms with Gasteiger partial charge in [-0.15, -0.1) is 0 Å². The van der Waals surface area contributed by atoms with Crippen molar-refractivity contribution in [2.24, 2.45) is 11.7 Å². The molecular weight excluding hydrogens is 166 g/mol. The van der Waals surface area contributed by atoms with E-state index in [-0.39, 0.29) is 12.1 Å². The van der Waals surface area contributed by atoms with Gasteiger partial charge in [-0.1, -0.05) is 0 Å². The van der Waals surface area contributed by atoms with Gasteiger partial charge in [-0.3, -0.25) is 0 Å². The fraction of sp³-hybridized carbons (Fsp3) is 1.00. The van der Waals surface area contributed by atoms with Gasteiger partial charge in [0, 0.05) is 19.3 Å². The third-order valence-corrected chi connectivity index (χ3v) is 2.30. The van der Waals surface area contributed by atoms with E-state index in [1.54, 1.807) is 0 Å². The van der Waals surface area contributed by atoms with Crippen molar-refractivity contribution in [1.29, 1.82) is 0 Å². The third-order valence-electron chi connectivity index (χ3n) is 2.30. The Kier molecular flexibility index (Phi) is 4.70. The lowest BCUT2D eigenvalue weighted by molar-refractivity contribution is 0.0632. The molecule has 78 valence electrons. The summed E-state index contributed by atoms with van der Waals surface area (Å²) in [7, 11) is 0. The van der Waals surface area contributed by atoms with Crippen molar-refractivity contribution in [1.82, 2.24) is 0 Å². The molecule has 0 aromatic carbocycles. The zero-order valence-corrected chi connectivity index (χ0v) is 8.66. The molecule has 1 aliphatic heterocycles. The van der Waals surface area contributed by atoms with Crippen LogP contribution in [-0.2, 0) is 9.47 Å². The molecule has 13 heavy (non-hydrogen) atoms. The number of ether oxygens (including phenoxy) is 2. The summed E-state index contributed by atoms with van der Waals surface area (Å²) in [4.78, 5) is 0. The van der Waals surface area contributed by atoms with E-state index in [2.05, 4.69) is 0 Å². The van der Waals surface area contributed by atoms with E-state index in [0.29, 0.717) is 12.5 Å². The molecule has 0 radical (unpaired) electrons. The van der Waals surface area contributed by atoms with Crippen molar-refractivity contribution >= 4 is 0 Å². The second-order valence-corrected chi connectivity index (χ2v) is 4.11. The van der Waals surface area contributed by atoms with Gasteiger partial charge in [-0.05, 0) is 32.6 Å². The van der Waals surface area contributed by atoms with E-state index in [1.807, 2.05) is 13.8 Å². The highest BCUT2D eigenvalue weighted by atomic mass is 16.5. The number of hydrogen-bond acceptors (Lipinski definition) is 3. The number of nitrogens with two attached hydrogens (primary N) is 1. The third kappa shape index (κ3) is 4.60. The van der Waals surface area contributed by atoms with Crippen molar-refractivity contribution in [2.45, 2.75) is 38.8 Å². The van der Waals surface area contributed by atoms with E-state index >= 15 is 0 Å². The quantitative estimate of drug-likeness (QED) is 0.702. The maximum absolute atomic E-state index is 5.92. The Morgan fingerprint density at radius 2 is 2.31 bits per heavy atom. The molecule has 1 heterocycles. The van der Waals surface area contributed by atoms with Crippen LogP contribution in [0.1, 0.15) is 26.7 Å². The van der Waals surface area contributed by atoms with Crippen LogP contribution in [0.15, 0.2) is 0 Å². The second kappa shape index (κ2) is 5.58. The van der Waals surface area contributed by atoms with Crippen LogP contribution in [0, 0.1) is 5.92 Å². The summed E-state index contributed by atoms with van der Waals surface area (Å²) < 4.78 is 10.7. The lowest BCUT2D eigenvalue weighted by atomic mass is 10.0. The van der Waals surface area contributed by atoms with Gasteiger partial charge in [0.2, 0.25) is 0 Å². The van der Waals surface area contributed by atoms with Gasteiger partial charge in [-0.25, -0.2) is 0 Å². The van der Waals surface area contributed by atoms with Gasteiger partial charge in [0.25, 0.3) is 0 Å². The normalized spacial score (nSPS) is 25.4. The van der Waals surface area contributed by atoms with E-state index in [9.17, 15) is 0 Å². The summed E-state index contributed by atoms with van der Waals surface area (Å²) in [5.41, 5.74) is 5.92. The van der Waals surface area contributed by atoms with Crippen molar-refractivity contribution in [3.63, 3.8) is 0 Å². The van der Waals surface area contributed by atoms with Crippen LogP contribution in [0.3, 0.4) is 0 Å². The maximum atomic E-state index is 5.92. The van der Waals surface area contributed by atoms with Crippen LogP contribution in [0.25, 0.3) is 0 Å². The Labute approximate surface area is 80.6 Å². The molecule has 3 nitrogen and oxygen atoms in total. The van der Waals surface area contributed by atoms with Gasteiger partial charge in [-0.2, -0.15) is 0 Å². The number of rotatable bonds is 5. The van der Waals surface area contributed by atoms with Crippen LogP contribution < -0.4 is 5.73 Å². The molecule has 1 saturated heterocycles. The molecule has 0 bridgehead atoms. The summed E-state index contributed by atoms with van der Waals surface area (Å²) in [5.74, 6) is 0.658. The molecule has 3 heteroatoms. The number of hydrogen-bond donors (Lipinski definition) is 1. The highest BCUT2D eigenvalue weighted by Gasteiger charge is 2.18. The minimum absolute atomic E-state index is 0.175. The lowest BCUT2D eigenvalue weighted by Crippen LogP contribution is -2.30. The van der Waals surface area contributed by atoms with Crippen LogP contribution in [-0.4, -0.2) is 32.0 Å².